The number of aliphatic hydroxyl groups is 1. The fourth-order valence-corrected chi connectivity index (χ4v) is 3.64. The molecule has 1 aromatic rings. The quantitative estimate of drug-likeness (QED) is 0.869. The van der Waals surface area contributed by atoms with Gasteiger partial charge < -0.3 is 5.11 Å². The lowest BCUT2D eigenvalue weighted by molar-refractivity contribution is 0.0234. The van der Waals surface area contributed by atoms with Gasteiger partial charge in [0.05, 0.1) is 21.5 Å². The summed E-state index contributed by atoms with van der Waals surface area (Å²) in [4.78, 5) is 0. The Morgan fingerprint density at radius 2 is 1.89 bits per heavy atom. The number of nitrogens with zero attached hydrogens (tertiary/aromatic N) is 2. The average molecular weight is 315 g/mol. The SMILES string of the molecule is CCc1nn(C)c(CC2(O)CCCCCC2)c1Br. The molecule has 18 heavy (non-hydrogen) atoms. The summed E-state index contributed by atoms with van der Waals surface area (Å²) < 4.78 is 3.01. The van der Waals surface area contributed by atoms with E-state index in [2.05, 4.69) is 28.0 Å². The number of halogens is 1. The summed E-state index contributed by atoms with van der Waals surface area (Å²) in [6, 6.07) is 0. The molecule has 1 aliphatic carbocycles. The summed E-state index contributed by atoms with van der Waals surface area (Å²) >= 11 is 3.64. The Balaban J connectivity index is 2.19. The Hall–Kier alpha value is -0.350. The van der Waals surface area contributed by atoms with Crippen molar-refractivity contribution in [1.82, 2.24) is 9.78 Å². The van der Waals surface area contributed by atoms with Crippen LogP contribution in [0, 0.1) is 0 Å². The molecule has 1 saturated carbocycles. The summed E-state index contributed by atoms with van der Waals surface area (Å²) in [6.07, 6.45) is 8.30. The van der Waals surface area contributed by atoms with E-state index in [1.165, 1.54) is 12.8 Å². The molecule has 0 spiro atoms. The number of rotatable bonds is 3. The molecular weight excluding hydrogens is 292 g/mol. The second-order valence-corrected chi connectivity index (χ2v) is 6.29. The first-order chi connectivity index (χ1) is 8.56. The first-order valence-electron chi connectivity index (χ1n) is 6.98. The molecule has 0 radical (unpaired) electrons. The molecule has 0 amide bonds. The lowest BCUT2D eigenvalue weighted by atomic mass is 9.89. The molecule has 4 heteroatoms. The predicted octanol–water partition coefficient (Wildman–Crippen LogP) is 3.37. The van der Waals surface area contributed by atoms with Gasteiger partial charge in [0.1, 0.15) is 0 Å². The summed E-state index contributed by atoms with van der Waals surface area (Å²) in [7, 11) is 1.97. The van der Waals surface area contributed by atoms with Crippen molar-refractivity contribution in [3.63, 3.8) is 0 Å². The fraction of sp³-hybridized carbons (Fsp3) is 0.786. The van der Waals surface area contributed by atoms with Gasteiger partial charge in [-0.2, -0.15) is 5.10 Å². The third kappa shape index (κ3) is 2.97. The second-order valence-electron chi connectivity index (χ2n) is 5.50. The van der Waals surface area contributed by atoms with E-state index >= 15 is 0 Å². The Labute approximate surface area is 118 Å². The largest absolute Gasteiger partial charge is 0.389 e. The van der Waals surface area contributed by atoms with Crippen LogP contribution < -0.4 is 0 Å². The fourth-order valence-electron chi connectivity index (χ4n) is 2.89. The minimum Gasteiger partial charge on any atom is -0.389 e. The van der Waals surface area contributed by atoms with Crippen molar-refractivity contribution in [3.05, 3.63) is 15.9 Å². The van der Waals surface area contributed by atoms with E-state index in [9.17, 15) is 5.11 Å². The number of hydrogen-bond acceptors (Lipinski definition) is 2. The van der Waals surface area contributed by atoms with E-state index in [1.54, 1.807) is 0 Å². The smallest absolute Gasteiger partial charge is 0.0766 e. The van der Waals surface area contributed by atoms with Crippen molar-refractivity contribution < 1.29 is 5.11 Å². The molecule has 0 aliphatic heterocycles. The molecule has 1 fully saturated rings. The van der Waals surface area contributed by atoms with Gasteiger partial charge in [0.2, 0.25) is 0 Å². The molecule has 1 heterocycles. The van der Waals surface area contributed by atoms with Crippen LogP contribution in [0.3, 0.4) is 0 Å². The molecule has 1 N–H and O–H groups in total. The molecule has 1 aliphatic rings. The Morgan fingerprint density at radius 1 is 1.28 bits per heavy atom. The zero-order valence-corrected chi connectivity index (χ0v) is 13.0. The van der Waals surface area contributed by atoms with Gasteiger partial charge in [-0.15, -0.1) is 0 Å². The van der Waals surface area contributed by atoms with E-state index in [1.807, 2.05) is 11.7 Å². The van der Waals surface area contributed by atoms with Crippen LogP contribution in [0.1, 0.15) is 56.8 Å². The zero-order chi connectivity index (χ0) is 13.2. The molecular formula is C14H23BrN2O. The highest BCUT2D eigenvalue weighted by Gasteiger charge is 2.30. The van der Waals surface area contributed by atoms with Crippen molar-refractivity contribution in [3.8, 4) is 0 Å². The van der Waals surface area contributed by atoms with Gasteiger partial charge in [-0.05, 0) is 35.2 Å². The molecule has 3 nitrogen and oxygen atoms in total. The minimum absolute atomic E-state index is 0.530. The van der Waals surface area contributed by atoms with Gasteiger partial charge in [-0.3, -0.25) is 4.68 Å². The van der Waals surface area contributed by atoms with Gasteiger partial charge in [0, 0.05) is 13.5 Å². The van der Waals surface area contributed by atoms with Crippen LogP contribution in [-0.4, -0.2) is 20.5 Å². The van der Waals surface area contributed by atoms with Crippen LogP contribution in [-0.2, 0) is 19.9 Å². The van der Waals surface area contributed by atoms with Gasteiger partial charge in [-0.25, -0.2) is 0 Å². The van der Waals surface area contributed by atoms with Crippen molar-refractivity contribution in [2.45, 2.75) is 63.9 Å². The molecule has 0 atom stereocenters. The van der Waals surface area contributed by atoms with E-state index in [0.29, 0.717) is 0 Å². The van der Waals surface area contributed by atoms with E-state index in [4.69, 9.17) is 0 Å². The lowest BCUT2D eigenvalue weighted by Crippen LogP contribution is -2.31. The summed E-state index contributed by atoms with van der Waals surface area (Å²) in [6.45, 7) is 2.11. The van der Waals surface area contributed by atoms with Gasteiger partial charge >= 0.3 is 0 Å². The van der Waals surface area contributed by atoms with Crippen LogP contribution in [0.25, 0.3) is 0 Å². The molecule has 0 unspecified atom stereocenters. The summed E-state index contributed by atoms with van der Waals surface area (Å²) in [5.74, 6) is 0. The molecule has 0 bridgehead atoms. The summed E-state index contributed by atoms with van der Waals surface area (Å²) in [5, 5.41) is 15.3. The van der Waals surface area contributed by atoms with Gasteiger partial charge in [-0.1, -0.05) is 32.6 Å². The Bertz CT molecular complexity index is 406. The Kier molecular flexibility index (Phi) is 4.49. The van der Waals surface area contributed by atoms with Crippen LogP contribution >= 0.6 is 15.9 Å². The van der Waals surface area contributed by atoms with Crippen molar-refractivity contribution in [2.75, 3.05) is 0 Å². The topological polar surface area (TPSA) is 38.0 Å². The molecule has 0 aromatic carbocycles. The molecule has 102 valence electrons. The first-order valence-corrected chi connectivity index (χ1v) is 7.77. The highest BCUT2D eigenvalue weighted by Crippen LogP contribution is 2.33. The van der Waals surface area contributed by atoms with E-state index in [-0.39, 0.29) is 0 Å². The van der Waals surface area contributed by atoms with Gasteiger partial charge in [0.25, 0.3) is 0 Å². The molecule has 1 aromatic heterocycles. The zero-order valence-electron chi connectivity index (χ0n) is 11.4. The van der Waals surface area contributed by atoms with E-state index < -0.39 is 5.60 Å². The van der Waals surface area contributed by atoms with Crippen molar-refractivity contribution in [2.24, 2.45) is 7.05 Å². The third-order valence-corrected chi connectivity index (χ3v) is 4.95. The average Bonchev–Trinajstić information content (AvgIpc) is 2.54. The maximum Gasteiger partial charge on any atom is 0.0766 e. The maximum absolute atomic E-state index is 10.8. The normalized spacial score (nSPS) is 19.8. The summed E-state index contributed by atoms with van der Waals surface area (Å²) in [5.41, 5.74) is 1.69. The monoisotopic (exact) mass is 314 g/mol. The van der Waals surface area contributed by atoms with Crippen LogP contribution in [0.4, 0.5) is 0 Å². The minimum atomic E-state index is -0.530. The van der Waals surface area contributed by atoms with Crippen molar-refractivity contribution in [1.29, 1.82) is 0 Å². The van der Waals surface area contributed by atoms with Crippen LogP contribution in [0.2, 0.25) is 0 Å². The van der Waals surface area contributed by atoms with Crippen molar-refractivity contribution >= 4 is 15.9 Å². The predicted molar refractivity (Wildman–Crippen MR) is 76.6 cm³/mol. The second kappa shape index (κ2) is 5.74. The molecule has 0 saturated heterocycles. The lowest BCUT2D eigenvalue weighted by Gasteiger charge is -2.26. The number of aryl methyl sites for hydroxylation is 2. The molecule has 2 rings (SSSR count). The van der Waals surface area contributed by atoms with Crippen LogP contribution in [0.15, 0.2) is 4.47 Å². The van der Waals surface area contributed by atoms with E-state index in [0.717, 1.165) is 54.4 Å². The highest BCUT2D eigenvalue weighted by molar-refractivity contribution is 9.10. The number of aromatic nitrogens is 2. The Morgan fingerprint density at radius 3 is 2.39 bits per heavy atom. The number of hydrogen-bond donors (Lipinski definition) is 1. The third-order valence-electron chi connectivity index (χ3n) is 4.03. The van der Waals surface area contributed by atoms with Crippen LogP contribution in [0.5, 0.6) is 0 Å². The highest BCUT2D eigenvalue weighted by atomic mass is 79.9. The standard InChI is InChI=1S/C14H23BrN2O/c1-3-11-13(15)12(17(2)16-11)10-14(18)8-6-4-5-7-9-14/h18H,3-10H2,1-2H3. The van der Waals surface area contributed by atoms with Gasteiger partial charge in [0.15, 0.2) is 0 Å². The first kappa shape index (κ1) is 14.1. The maximum atomic E-state index is 10.8.